The zero-order valence-electron chi connectivity index (χ0n) is 12.7. The van der Waals surface area contributed by atoms with Gasteiger partial charge in [-0.25, -0.2) is 0 Å². The number of benzene rings is 1. The number of hydrogen-bond acceptors (Lipinski definition) is 3. The third-order valence-corrected chi connectivity index (χ3v) is 3.67. The van der Waals surface area contributed by atoms with Crippen LogP contribution >= 0.6 is 12.2 Å². The molecule has 0 bridgehead atoms. The first-order chi connectivity index (χ1) is 10.0. The average Bonchev–Trinajstić information content (AvgIpc) is 2.43. The lowest BCUT2D eigenvalue weighted by atomic mass is 10.0. The molecule has 4 nitrogen and oxygen atoms in total. The van der Waals surface area contributed by atoms with Crippen LogP contribution in [0, 0.1) is 4.77 Å². The number of hydrogen-bond donors (Lipinski definition) is 2. The van der Waals surface area contributed by atoms with Crippen LogP contribution in [0.4, 0.5) is 5.69 Å². The van der Waals surface area contributed by atoms with E-state index in [0.29, 0.717) is 11.2 Å². The average molecular weight is 303 g/mol. The van der Waals surface area contributed by atoms with E-state index in [9.17, 15) is 4.79 Å². The Bertz CT molecular complexity index is 714. The maximum atomic E-state index is 12.2. The van der Waals surface area contributed by atoms with E-state index in [2.05, 4.69) is 46.1 Å². The summed E-state index contributed by atoms with van der Waals surface area (Å²) >= 11 is 5.05. The van der Waals surface area contributed by atoms with Crippen molar-refractivity contribution < 1.29 is 0 Å². The largest absolute Gasteiger partial charge is 0.378 e. The third kappa shape index (κ3) is 3.82. The smallest absolute Gasteiger partial charge is 0.255 e. The Morgan fingerprint density at radius 2 is 1.81 bits per heavy atom. The molecule has 0 atom stereocenters. The van der Waals surface area contributed by atoms with Crippen molar-refractivity contribution in [3.8, 4) is 0 Å². The summed E-state index contributed by atoms with van der Waals surface area (Å²) < 4.78 is 0.398. The Kier molecular flexibility index (Phi) is 4.96. The first-order valence-electron chi connectivity index (χ1n) is 7.12. The van der Waals surface area contributed by atoms with Gasteiger partial charge in [0.05, 0.1) is 0 Å². The second-order valence-electron chi connectivity index (χ2n) is 5.35. The van der Waals surface area contributed by atoms with Gasteiger partial charge >= 0.3 is 0 Å². The normalized spacial score (nSPS) is 10.6. The highest BCUT2D eigenvalue weighted by Gasteiger charge is 2.09. The number of rotatable bonds is 5. The van der Waals surface area contributed by atoms with Crippen LogP contribution in [0.25, 0.3) is 0 Å². The van der Waals surface area contributed by atoms with E-state index < -0.39 is 0 Å². The van der Waals surface area contributed by atoms with Crippen LogP contribution in [-0.2, 0) is 12.8 Å². The fourth-order valence-electron chi connectivity index (χ4n) is 2.33. The van der Waals surface area contributed by atoms with Gasteiger partial charge in [-0.2, -0.15) is 0 Å². The minimum Gasteiger partial charge on any atom is -0.378 e. The summed E-state index contributed by atoms with van der Waals surface area (Å²) in [6, 6.07) is 8.25. The molecule has 21 heavy (non-hydrogen) atoms. The molecule has 0 amide bonds. The molecule has 0 fully saturated rings. The first-order valence-corrected chi connectivity index (χ1v) is 7.52. The Morgan fingerprint density at radius 1 is 1.14 bits per heavy atom. The second-order valence-corrected chi connectivity index (χ2v) is 5.76. The number of nitrogens with zero attached hydrogens (tertiary/aromatic N) is 1. The molecule has 0 unspecified atom stereocenters. The number of H-pyrrole nitrogens is 2. The van der Waals surface area contributed by atoms with Gasteiger partial charge in [-0.3, -0.25) is 9.78 Å². The maximum absolute atomic E-state index is 12.2. The molecule has 0 spiro atoms. The van der Waals surface area contributed by atoms with Crippen LogP contribution in [0.3, 0.4) is 0 Å². The van der Waals surface area contributed by atoms with Crippen molar-refractivity contribution in [2.24, 2.45) is 0 Å². The molecule has 2 aromatic rings. The summed E-state index contributed by atoms with van der Waals surface area (Å²) in [5, 5.41) is 0. The number of aromatic amines is 2. The quantitative estimate of drug-likeness (QED) is 0.835. The van der Waals surface area contributed by atoms with Gasteiger partial charge in [-0.15, -0.1) is 0 Å². The number of nitrogens with one attached hydrogen (secondary N) is 2. The molecule has 0 aliphatic rings. The van der Waals surface area contributed by atoms with Gasteiger partial charge in [0.15, 0.2) is 4.77 Å². The fourth-order valence-corrected chi connectivity index (χ4v) is 2.54. The highest BCUT2D eigenvalue weighted by molar-refractivity contribution is 7.71. The van der Waals surface area contributed by atoms with Crippen molar-refractivity contribution in [2.75, 3.05) is 19.0 Å². The van der Waals surface area contributed by atoms with E-state index in [1.54, 1.807) is 0 Å². The highest BCUT2D eigenvalue weighted by Crippen LogP contribution is 2.15. The molecule has 0 saturated heterocycles. The molecule has 1 heterocycles. The Morgan fingerprint density at radius 3 is 2.38 bits per heavy atom. The molecule has 2 rings (SSSR count). The Labute approximate surface area is 129 Å². The molecule has 0 aliphatic carbocycles. The Hall–Kier alpha value is -1.88. The standard InChI is InChI=1S/C16H21N3OS/c1-4-5-14-13(15(20)18-16(21)17-14)10-11-6-8-12(9-7-11)19(2)3/h6-9H,4-5,10H2,1-3H3,(H2,17,18,20,21). The number of aromatic nitrogens is 2. The molecule has 112 valence electrons. The van der Waals surface area contributed by atoms with Gasteiger partial charge in [-0.05, 0) is 36.3 Å². The fraction of sp³-hybridized carbons (Fsp3) is 0.375. The number of anilines is 1. The van der Waals surface area contributed by atoms with Crippen molar-refractivity contribution in [3.05, 3.63) is 56.2 Å². The van der Waals surface area contributed by atoms with Crippen LogP contribution in [0.2, 0.25) is 0 Å². The lowest BCUT2D eigenvalue weighted by molar-refractivity contribution is 0.832. The highest BCUT2D eigenvalue weighted by atomic mass is 32.1. The SMILES string of the molecule is CCCc1[nH]c(=S)[nH]c(=O)c1Cc1ccc(N(C)C)cc1. The van der Waals surface area contributed by atoms with Crippen LogP contribution in [0.15, 0.2) is 29.1 Å². The van der Waals surface area contributed by atoms with E-state index >= 15 is 0 Å². The summed E-state index contributed by atoms with van der Waals surface area (Å²) in [6.45, 7) is 2.09. The van der Waals surface area contributed by atoms with E-state index in [4.69, 9.17) is 12.2 Å². The zero-order chi connectivity index (χ0) is 15.4. The van der Waals surface area contributed by atoms with Gasteiger partial charge in [0.2, 0.25) is 0 Å². The van der Waals surface area contributed by atoms with Gasteiger partial charge in [0.1, 0.15) is 0 Å². The van der Waals surface area contributed by atoms with Crippen molar-refractivity contribution in [3.63, 3.8) is 0 Å². The molecule has 0 radical (unpaired) electrons. The van der Waals surface area contributed by atoms with Crippen LogP contribution in [0.5, 0.6) is 0 Å². The van der Waals surface area contributed by atoms with Crippen molar-refractivity contribution >= 4 is 17.9 Å². The predicted octanol–water partition coefficient (Wildman–Crippen LogP) is 3.04. The van der Waals surface area contributed by atoms with Gasteiger partial charge < -0.3 is 9.88 Å². The topological polar surface area (TPSA) is 51.9 Å². The third-order valence-electron chi connectivity index (χ3n) is 3.46. The van der Waals surface area contributed by atoms with Crippen LogP contribution < -0.4 is 10.5 Å². The van der Waals surface area contributed by atoms with Crippen molar-refractivity contribution in [1.82, 2.24) is 9.97 Å². The number of aryl methyl sites for hydroxylation is 1. The molecule has 0 saturated carbocycles. The minimum atomic E-state index is -0.0844. The zero-order valence-corrected chi connectivity index (χ0v) is 13.5. The molecule has 5 heteroatoms. The van der Waals surface area contributed by atoms with Gasteiger partial charge in [-0.1, -0.05) is 25.5 Å². The lowest BCUT2D eigenvalue weighted by Gasteiger charge is -2.13. The summed E-state index contributed by atoms with van der Waals surface area (Å²) in [5.41, 5.74) is 3.91. The van der Waals surface area contributed by atoms with E-state index in [-0.39, 0.29) is 5.56 Å². The summed E-state index contributed by atoms with van der Waals surface area (Å²) in [7, 11) is 4.02. The van der Waals surface area contributed by atoms with E-state index in [1.807, 2.05) is 14.1 Å². The molecule has 1 aromatic heterocycles. The summed E-state index contributed by atoms with van der Waals surface area (Å²) in [5.74, 6) is 0. The first kappa shape index (κ1) is 15.5. The predicted molar refractivity (Wildman–Crippen MR) is 89.8 cm³/mol. The molecule has 1 aromatic carbocycles. The molecular weight excluding hydrogens is 282 g/mol. The van der Waals surface area contributed by atoms with Crippen molar-refractivity contribution in [2.45, 2.75) is 26.2 Å². The van der Waals surface area contributed by atoms with E-state index in [0.717, 1.165) is 35.3 Å². The van der Waals surface area contributed by atoms with Gasteiger partial charge in [0.25, 0.3) is 5.56 Å². The summed E-state index contributed by atoms with van der Waals surface area (Å²) in [4.78, 5) is 20.0. The molecule has 2 N–H and O–H groups in total. The Balaban J connectivity index is 2.34. The summed E-state index contributed by atoms with van der Waals surface area (Å²) in [6.07, 6.45) is 2.42. The van der Waals surface area contributed by atoms with Crippen molar-refractivity contribution in [1.29, 1.82) is 0 Å². The lowest BCUT2D eigenvalue weighted by Crippen LogP contribution is -2.18. The maximum Gasteiger partial charge on any atom is 0.255 e. The van der Waals surface area contributed by atoms with E-state index in [1.165, 1.54) is 0 Å². The monoisotopic (exact) mass is 303 g/mol. The molecular formula is C16H21N3OS. The second kappa shape index (κ2) is 6.72. The minimum absolute atomic E-state index is 0.0844. The van der Waals surface area contributed by atoms with Crippen LogP contribution in [-0.4, -0.2) is 24.1 Å². The molecule has 0 aliphatic heterocycles. The van der Waals surface area contributed by atoms with Crippen LogP contribution in [0.1, 0.15) is 30.2 Å². The van der Waals surface area contributed by atoms with Gasteiger partial charge in [0, 0.05) is 37.5 Å².